The molecule has 2 heterocycles. The zero-order valence-electron chi connectivity index (χ0n) is 19.9. The van der Waals surface area contributed by atoms with Crippen molar-refractivity contribution in [2.75, 3.05) is 13.7 Å². The number of para-hydroxylation sites is 1. The molecule has 1 aromatic heterocycles. The summed E-state index contributed by atoms with van der Waals surface area (Å²) in [6.07, 6.45) is 0. The van der Waals surface area contributed by atoms with Gasteiger partial charge in [-0.3, -0.25) is 9.59 Å². The molecule has 3 aromatic carbocycles. The minimum absolute atomic E-state index is 0.0169. The Morgan fingerprint density at radius 1 is 1.00 bits per heavy atom. The summed E-state index contributed by atoms with van der Waals surface area (Å²) in [5.74, 6) is -0.306. The second kappa shape index (κ2) is 9.62. The third-order valence-corrected chi connectivity index (χ3v) is 6.22. The predicted octanol–water partition coefficient (Wildman–Crippen LogP) is 5.62. The SMILES string of the molecule is CCOc1ccc(C2C(C(=O)c3cc4ccccc4o3)=C(O)C(=O)N2Cc2ccc(OC)cc2)cc1. The van der Waals surface area contributed by atoms with Crippen LogP contribution in [0.5, 0.6) is 11.5 Å². The van der Waals surface area contributed by atoms with Gasteiger partial charge in [-0.25, -0.2) is 0 Å². The number of methoxy groups -OCH3 is 1. The van der Waals surface area contributed by atoms with Crippen molar-refractivity contribution in [3.8, 4) is 11.5 Å². The van der Waals surface area contributed by atoms with Crippen LogP contribution in [0.15, 0.2) is 94.6 Å². The number of Topliss-reactive ketones (excluding diaryl/α,β-unsaturated/α-hetero) is 1. The van der Waals surface area contributed by atoms with Crippen LogP contribution in [0.2, 0.25) is 0 Å². The number of hydrogen-bond donors (Lipinski definition) is 1. The lowest BCUT2D eigenvalue weighted by Gasteiger charge is -2.27. The third kappa shape index (κ3) is 4.20. The number of amides is 1. The van der Waals surface area contributed by atoms with Gasteiger partial charge in [-0.1, -0.05) is 42.5 Å². The molecule has 1 atom stereocenters. The van der Waals surface area contributed by atoms with E-state index in [1.165, 1.54) is 4.90 Å². The summed E-state index contributed by atoms with van der Waals surface area (Å²) in [5, 5.41) is 11.7. The lowest BCUT2D eigenvalue weighted by atomic mass is 9.94. The summed E-state index contributed by atoms with van der Waals surface area (Å²) in [4.78, 5) is 28.5. The third-order valence-electron chi connectivity index (χ3n) is 6.22. The van der Waals surface area contributed by atoms with Crippen LogP contribution in [0, 0.1) is 0 Å². The lowest BCUT2D eigenvalue weighted by Crippen LogP contribution is -2.30. The van der Waals surface area contributed by atoms with E-state index >= 15 is 0 Å². The molecule has 182 valence electrons. The average molecular weight is 484 g/mol. The van der Waals surface area contributed by atoms with E-state index in [0.29, 0.717) is 29.3 Å². The number of ketones is 1. The molecule has 7 nitrogen and oxygen atoms in total. The highest BCUT2D eigenvalue weighted by atomic mass is 16.5. The summed E-state index contributed by atoms with van der Waals surface area (Å²) in [6, 6.07) is 22.5. The van der Waals surface area contributed by atoms with Crippen molar-refractivity contribution in [3.05, 3.63) is 107 Å². The van der Waals surface area contributed by atoms with Crippen molar-refractivity contribution in [2.24, 2.45) is 0 Å². The van der Waals surface area contributed by atoms with E-state index in [2.05, 4.69) is 0 Å². The standard InChI is InChI=1S/C29H25NO6/c1-3-35-22-14-10-19(11-15-22)26-25(27(31)24-16-20-6-4-5-7-23(20)36-24)28(32)29(33)30(26)17-18-8-12-21(34-2)13-9-18/h4-16,26,32H,3,17H2,1-2H3. The Morgan fingerprint density at radius 3 is 2.36 bits per heavy atom. The lowest BCUT2D eigenvalue weighted by molar-refractivity contribution is -0.130. The Kier molecular flexibility index (Phi) is 6.21. The van der Waals surface area contributed by atoms with Crippen LogP contribution in [0.4, 0.5) is 0 Å². The number of carbonyl (C=O) groups is 2. The summed E-state index contributed by atoms with van der Waals surface area (Å²) in [7, 11) is 1.58. The molecule has 1 aliphatic heterocycles. The Bertz CT molecular complexity index is 1420. The summed E-state index contributed by atoms with van der Waals surface area (Å²) >= 11 is 0. The molecular formula is C29H25NO6. The van der Waals surface area contributed by atoms with Crippen molar-refractivity contribution in [1.29, 1.82) is 0 Å². The maximum absolute atomic E-state index is 13.7. The van der Waals surface area contributed by atoms with E-state index < -0.39 is 23.5 Å². The fraction of sp³-hybridized carbons (Fsp3) is 0.172. The van der Waals surface area contributed by atoms with Gasteiger partial charge in [0.25, 0.3) is 5.91 Å². The van der Waals surface area contributed by atoms with Gasteiger partial charge < -0.3 is 23.9 Å². The Morgan fingerprint density at radius 2 is 1.69 bits per heavy atom. The molecule has 1 N–H and O–H groups in total. The fourth-order valence-electron chi connectivity index (χ4n) is 4.46. The van der Waals surface area contributed by atoms with Crippen LogP contribution >= 0.6 is 0 Å². The highest BCUT2D eigenvalue weighted by Gasteiger charge is 2.44. The molecule has 0 aliphatic carbocycles. The molecule has 5 rings (SSSR count). The number of fused-ring (bicyclic) bond motifs is 1. The first-order chi connectivity index (χ1) is 17.5. The number of nitrogens with zero attached hydrogens (tertiary/aromatic N) is 1. The van der Waals surface area contributed by atoms with Crippen molar-refractivity contribution < 1.29 is 28.6 Å². The molecule has 36 heavy (non-hydrogen) atoms. The van der Waals surface area contributed by atoms with Gasteiger partial charge in [0.05, 0.1) is 25.3 Å². The van der Waals surface area contributed by atoms with E-state index in [1.807, 2.05) is 37.3 Å². The Balaban J connectivity index is 1.56. The zero-order chi connectivity index (χ0) is 25.2. The Labute approximate surface area is 208 Å². The first-order valence-electron chi connectivity index (χ1n) is 11.6. The maximum atomic E-state index is 13.7. The second-order valence-corrected chi connectivity index (χ2v) is 8.43. The monoisotopic (exact) mass is 483 g/mol. The van der Waals surface area contributed by atoms with Gasteiger partial charge in [0.2, 0.25) is 5.78 Å². The minimum Gasteiger partial charge on any atom is -0.503 e. The van der Waals surface area contributed by atoms with Crippen molar-refractivity contribution >= 4 is 22.7 Å². The Hall–Kier alpha value is -4.52. The first-order valence-corrected chi connectivity index (χ1v) is 11.6. The molecular weight excluding hydrogens is 458 g/mol. The normalized spacial score (nSPS) is 15.6. The summed E-state index contributed by atoms with van der Waals surface area (Å²) < 4.78 is 16.6. The predicted molar refractivity (Wildman–Crippen MR) is 134 cm³/mol. The topological polar surface area (TPSA) is 89.2 Å². The average Bonchev–Trinajstić information content (AvgIpc) is 3.44. The van der Waals surface area contributed by atoms with E-state index in [4.69, 9.17) is 13.9 Å². The maximum Gasteiger partial charge on any atom is 0.290 e. The highest BCUT2D eigenvalue weighted by molar-refractivity contribution is 6.16. The van der Waals surface area contributed by atoms with Gasteiger partial charge in [0, 0.05) is 11.9 Å². The summed E-state index contributed by atoms with van der Waals surface area (Å²) in [6.45, 7) is 2.59. The number of benzene rings is 3. The second-order valence-electron chi connectivity index (χ2n) is 8.43. The molecule has 0 spiro atoms. The van der Waals surface area contributed by atoms with E-state index in [0.717, 1.165) is 10.9 Å². The van der Waals surface area contributed by atoms with Crippen molar-refractivity contribution in [2.45, 2.75) is 19.5 Å². The van der Waals surface area contributed by atoms with Crippen LogP contribution < -0.4 is 9.47 Å². The number of aliphatic hydroxyl groups excluding tert-OH is 1. The van der Waals surface area contributed by atoms with Crippen molar-refractivity contribution in [3.63, 3.8) is 0 Å². The van der Waals surface area contributed by atoms with Gasteiger partial charge in [-0.05, 0) is 54.4 Å². The number of furan rings is 1. The van der Waals surface area contributed by atoms with Gasteiger partial charge >= 0.3 is 0 Å². The number of ether oxygens (including phenoxy) is 2. The smallest absolute Gasteiger partial charge is 0.290 e. The molecule has 0 saturated carbocycles. The molecule has 7 heteroatoms. The van der Waals surface area contributed by atoms with E-state index in [-0.39, 0.29) is 17.9 Å². The molecule has 1 unspecified atom stereocenters. The number of carbonyl (C=O) groups excluding carboxylic acids is 2. The number of hydrogen-bond acceptors (Lipinski definition) is 6. The van der Waals surface area contributed by atoms with Gasteiger partial charge in [-0.15, -0.1) is 0 Å². The summed E-state index contributed by atoms with van der Waals surface area (Å²) in [5.41, 5.74) is 2.03. The fourth-order valence-corrected chi connectivity index (χ4v) is 4.46. The number of aliphatic hydroxyl groups is 1. The van der Waals surface area contributed by atoms with E-state index in [9.17, 15) is 14.7 Å². The van der Waals surface area contributed by atoms with Gasteiger partial charge in [0.15, 0.2) is 11.5 Å². The van der Waals surface area contributed by atoms with Crippen molar-refractivity contribution in [1.82, 2.24) is 4.90 Å². The minimum atomic E-state index is -0.809. The van der Waals surface area contributed by atoms with Gasteiger partial charge in [-0.2, -0.15) is 0 Å². The molecule has 4 aromatic rings. The largest absolute Gasteiger partial charge is 0.503 e. The molecule has 0 fully saturated rings. The van der Waals surface area contributed by atoms with Crippen LogP contribution in [0.25, 0.3) is 11.0 Å². The highest BCUT2D eigenvalue weighted by Crippen LogP contribution is 2.41. The van der Waals surface area contributed by atoms with Crippen LogP contribution in [-0.2, 0) is 11.3 Å². The molecule has 0 saturated heterocycles. The van der Waals surface area contributed by atoms with Crippen LogP contribution in [0.1, 0.15) is 34.6 Å². The molecule has 1 amide bonds. The van der Waals surface area contributed by atoms with Crippen LogP contribution in [0.3, 0.4) is 0 Å². The zero-order valence-corrected chi connectivity index (χ0v) is 19.9. The number of rotatable bonds is 8. The molecule has 1 aliphatic rings. The first kappa shape index (κ1) is 23.2. The van der Waals surface area contributed by atoms with Crippen LogP contribution in [-0.4, -0.2) is 35.4 Å². The van der Waals surface area contributed by atoms with Gasteiger partial charge in [0.1, 0.15) is 17.1 Å². The van der Waals surface area contributed by atoms with E-state index in [1.54, 1.807) is 55.6 Å². The molecule has 0 bridgehead atoms. The molecule has 0 radical (unpaired) electrons. The quantitative estimate of drug-likeness (QED) is 0.327.